The first kappa shape index (κ1) is 15.5. The van der Waals surface area contributed by atoms with Crippen molar-refractivity contribution in [3.8, 4) is 0 Å². The molecule has 0 bridgehead atoms. The summed E-state index contributed by atoms with van der Waals surface area (Å²) >= 11 is 0. The van der Waals surface area contributed by atoms with E-state index in [0.29, 0.717) is 18.3 Å². The van der Waals surface area contributed by atoms with E-state index in [0.717, 1.165) is 31.7 Å². The van der Waals surface area contributed by atoms with E-state index in [2.05, 4.69) is 17.1 Å². The molecule has 1 aliphatic rings. The van der Waals surface area contributed by atoms with Crippen LogP contribution in [0.4, 0.5) is 0 Å². The summed E-state index contributed by atoms with van der Waals surface area (Å²) in [4.78, 5) is 2.52. The zero-order valence-electron chi connectivity index (χ0n) is 13.0. The van der Waals surface area contributed by atoms with Crippen LogP contribution < -0.4 is 5.32 Å². The summed E-state index contributed by atoms with van der Waals surface area (Å²) in [5.74, 6) is 1.49. The minimum absolute atomic E-state index is 0.505. The van der Waals surface area contributed by atoms with Crippen molar-refractivity contribution in [2.24, 2.45) is 0 Å². The standard InChI is InChI=1S/C16H28N2O2/c1-4-9-18-10-7-14(8-11-18)17-12-16(3,19)15-6-5-13(2)20-15/h5-6,14,17,19H,4,7-12H2,1-3H3. The summed E-state index contributed by atoms with van der Waals surface area (Å²) in [6, 6.07) is 4.26. The van der Waals surface area contributed by atoms with E-state index in [1.165, 1.54) is 13.0 Å². The van der Waals surface area contributed by atoms with Crippen LogP contribution in [0.2, 0.25) is 0 Å². The highest BCUT2D eigenvalue weighted by atomic mass is 16.4. The third kappa shape index (κ3) is 4.08. The number of piperidine rings is 1. The molecule has 0 saturated carbocycles. The molecule has 1 fully saturated rings. The normalized spacial score (nSPS) is 21.0. The number of aryl methyl sites for hydroxylation is 1. The van der Waals surface area contributed by atoms with Gasteiger partial charge in [0.1, 0.15) is 17.1 Å². The Morgan fingerprint density at radius 3 is 2.65 bits per heavy atom. The molecule has 20 heavy (non-hydrogen) atoms. The second-order valence-electron chi connectivity index (χ2n) is 6.18. The lowest BCUT2D eigenvalue weighted by Crippen LogP contribution is -2.46. The molecule has 0 spiro atoms. The van der Waals surface area contributed by atoms with Crippen LogP contribution in [0.5, 0.6) is 0 Å². The van der Waals surface area contributed by atoms with Gasteiger partial charge >= 0.3 is 0 Å². The number of likely N-dealkylation sites (tertiary alicyclic amines) is 1. The van der Waals surface area contributed by atoms with Crippen molar-refractivity contribution in [2.45, 2.75) is 51.7 Å². The van der Waals surface area contributed by atoms with Gasteiger partial charge in [0.25, 0.3) is 0 Å². The van der Waals surface area contributed by atoms with Crippen molar-refractivity contribution >= 4 is 0 Å². The smallest absolute Gasteiger partial charge is 0.136 e. The van der Waals surface area contributed by atoms with Crippen LogP contribution in [0.25, 0.3) is 0 Å². The molecular formula is C16H28N2O2. The molecular weight excluding hydrogens is 252 g/mol. The number of rotatable bonds is 6. The minimum atomic E-state index is -0.936. The molecule has 4 heteroatoms. The van der Waals surface area contributed by atoms with E-state index >= 15 is 0 Å². The molecule has 1 aromatic heterocycles. The van der Waals surface area contributed by atoms with E-state index in [4.69, 9.17) is 4.42 Å². The van der Waals surface area contributed by atoms with Crippen LogP contribution >= 0.6 is 0 Å². The molecule has 0 aromatic carbocycles. The van der Waals surface area contributed by atoms with Gasteiger partial charge < -0.3 is 19.7 Å². The maximum Gasteiger partial charge on any atom is 0.136 e. The second kappa shape index (κ2) is 6.74. The molecule has 1 atom stereocenters. The number of hydrogen-bond donors (Lipinski definition) is 2. The quantitative estimate of drug-likeness (QED) is 0.839. The Bertz CT molecular complexity index is 406. The lowest BCUT2D eigenvalue weighted by molar-refractivity contribution is 0.0281. The van der Waals surface area contributed by atoms with Gasteiger partial charge in [-0.05, 0) is 64.9 Å². The fourth-order valence-corrected chi connectivity index (χ4v) is 2.83. The summed E-state index contributed by atoms with van der Waals surface area (Å²) in [7, 11) is 0. The molecule has 114 valence electrons. The fourth-order valence-electron chi connectivity index (χ4n) is 2.83. The molecule has 2 N–H and O–H groups in total. The van der Waals surface area contributed by atoms with Gasteiger partial charge in [-0.1, -0.05) is 6.92 Å². The third-order valence-electron chi connectivity index (χ3n) is 4.13. The van der Waals surface area contributed by atoms with E-state index in [9.17, 15) is 5.11 Å². The van der Waals surface area contributed by atoms with Crippen molar-refractivity contribution in [3.63, 3.8) is 0 Å². The maximum atomic E-state index is 10.5. The Morgan fingerprint density at radius 2 is 2.10 bits per heavy atom. The second-order valence-corrected chi connectivity index (χ2v) is 6.18. The highest BCUT2D eigenvalue weighted by Crippen LogP contribution is 2.22. The van der Waals surface area contributed by atoms with Crippen molar-refractivity contribution < 1.29 is 9.52 Å². The monoisotopic (exact) mass is 280 g/mol. The van der Waals surface area contributed by atoms with Gasteiger partial charge in [0.15, 0.2) is 0 Å². The van der Waals surface area contributed by atoms with Crippen molar-refractivity contribution in [1.82, 2.24) is 10.2 Å². The Balaban J connectivity index is 1.78. The molecule has 1 aliphatic heterocycles. The van der Waals surface area contributed by atoms with E-state index in [-0.39, 0.29) is 0 Å². The highest BCUT2D eigenvalue weighted by molar-refractivity contribution is 5.12. The molecule has 0 aliphatic carbocycles. The Kier molecular flexibility index (Phi) is 5.24. The van der Waals surface area contributed by atoms with Gasteiger partial charge in [-0.25, -0.2) is 0 Å². The van der Waals surface area contributed by atoms with Crippen molar-refractivity contribution in [1.29, 1.82) is 0 Å². The first-order chi connectivity index (χ1) is 9.51. The van der Waals surface area contributed by atoms with E-state index < -0.39 is 5.60 Å². The van der Waals surface area contributed by atoms with Gasteiger partial charge in [0.2, 0.25) is 0 Å². The molecule has 0 amide bonds. The van der Waals surface area contributed by atoms with Gasteiger partial charge in [0.05, 0.1) is 0 Å². The predicted octanol–water partition coefficient (Wildman–Crippen LogP) is 2.26. The van der Waals surface area contributed by atoms with Crippen LogP contribution in [0.1, 0.15) is 44.6 Å². The lowest BCUT2D eigenvalue weighted by Gasteiger charge is -2.33. The third-order valence-corrected chi connectivity index (χ3v) is 4.13. The summed E-state index contributed by atoms with van der Waals surface area (Å²) in [5, 5.41) is 14.0. The van der Waals surface area contributed by atoms with Crippen LogP contribution in [-0.2, 0) is 5.60 Å². The zero-order chi connectivity index (χ0) is 14.6. The first-order valence-electron chi connectivity index (χ1n) is 7.76. The summed E-state index contributed by atoms with van der Waals surface area (Å²) in [6.45, 7) is 10.0. The van der Waals surface area contributed by atoms with Crippen molar-refractivity contribution in [2.75, 3.05) is 26.2 Å². The molecule has 1 aromatic rings. The summed E-state index contributed by atoms with van der Waals surface area (Å²) in [6.07, 6.45) is 3.55. The Labute approximate surface area is 122 Å². The Morgan fingerprint density at radius 1 is 1.40 bits per heavy atom. The zero-order valence-corrected chi connectivity index (χ0v) is 13.0. The van der Waals surface area contributed by atoms with Crippen LogP contribution in [0.3, 0.4) is 0 Å². The van der Waals surface area contributed by atoms with E-state index in [1.54, 1.807) is 0 Å². The first-order valence-corrected chi connectivity index (χ1v) is 7.76. The van der Waals surface area contributed by atoms with Gasteiger partial charge in [-0.3, -0.25) is 0 Å². The minimum Gasteiger partial charge on any atom is -0.463 e. The number of nitrogens with one attached hydrogen (secondary N) is 1. The maximum absolute atomic E-state index is 10.5. The summed E-state index contributed by atoms with van der Waals surface area (Å²) < 4.78 is 5.54. The molecule has 1 unspecified atom stereocenters. The van der Waals surface area contributed by atoms with Crippen molar-refractivity contribution in [3.05, 3.63) is 23.7 Å². The SMILES string of the molecule is CCCN1CCC(NCC(C)(O)c2ccc(C)o2)CC1. The number of hydrogen-bond acceptors (Lipinski definition) is 4. The Hall–Kier alpha value is -0.840. The number of nitrogens with zero attached hydrogens (tertiary/aromatic N) is 1. The topological polar surface area (TPSA) is 48.6 Å². The van der Waals surface area contributed by atoms with E-state index in [1.807, 2.05) is 26.0 Å². The number of furan rings is 1. The lowest BCUT2D eigenvalue weighted by atomic mass is 10.0. The molecule has 2 heterocycles. The molecule has 2 rings (SSSR count). The number of aliphatic hydroxyl groups is 1. The summed E-state index contributed by atoms with van der Waals surface area (Å²) in [5.41, 5.74) is -0.936. The average Bonchev–Trinajstić information content (AvgIpc) is 2.86. The van der Waals surface area contributed by atoms with Gasteiger partial charge in [0, 0.05) is 12.6 Å². The molecule has 4 nitrogen and oxygen atoms in total. The van der Waals surface area contributed by atoms with Crippen LogP contribution in [-0.4, -0.2) is 42.2 Å². The van der Waals surface area contributed by atoms with Crippen LogP contribution in [0, 0.1) is 6.92 Å². The van der Waals surface area contributed by atoms with Gasteiger partial charge in [-0.15, -0.1) is 0 Å². The predicted molar refractivity (Wildman–Crippen MR) is 80.8 cm³/mol. The van der Waals surface area contributed by atoms with Gasteiger partial charge in [-0.2, -0.15) is 0 Å². The van der Waals surface area contributed by atoms with Crippen LogP contribution in [0.15, 0.2) is 16.5 Å². The molecule has 0 radical (unpaired) electrons. The fraction of sp³-hybridized carbons (Fsp3) is 0.750. The average molecular weight is 280 g/mol. The largest absolute Gasteiger partial charge is 0.463 e. The molecule has 1 saturated heterocycles. The highest BCUT2D eigenvalue weighted by Gasteiger charge is 2.28.